The summed E-state index contributed by atoms with van der Waals surface area (Å²) < 4.78 is 38.2. The molecule has 176 valence electrons. The van der Waals surface area contributed by atoms with E-state index in [0.29, 0.717) is 44.9 Å². The Bertz CT molecular complexity index is 973. The SMILES string of the molecule is O=C(c1ccc(C(F)(F)F)cc1)N1CCC(C(=O)N2CCC(c3ccc(O)cc3)CC2)CC1. The van der Waals surface area contributed by atoms with Crippen LogP contribution in [0.15, 0.2) is 48.5 Å². The maximum atomic E-state index is 13.0. The normalized spacial score (nSPS) is 18.4. The number of phenols is 1. The van der Waals surface area contributed by atoms with Crippen molar-refractivity contribution in [3.8, 4) is 5.75 Å². The van der Waals surface area contributed by atoms with Gasteiger partial charge >= 0.3 is 6.18 Å². The lowest BCUT2D eigenvalue weighted by Gasteiger charge is -2.37. The van der Waals surface area contributed by atoms with Gasteiger partial charge in [0.25, 0.3) is 5.91 Å². The molecule has 2 amide bonds. The molecule has 2 aromatic carbocycles. The van der Waals surface area contributed by atoms with Gasteiger partial charge in [-0.25, -0.2) is 0 Å². The number of hydrogen-bond donors (Lipinski definition) is 1. The van der Waals surface area contributed by atoms with E-state index in [1.54, 1.807) is 17.0 Å². The van der Waals surface area contributed by atoms with Crippen molar-refractivity contribution in [2.24, 2.45) is 5.92 Å². The van der Waals surface area contributed by atoms with Gasteiger partial charge in [-0.3, -0.25) is 9.59 Å². The topological polar surface area (TPSA) is 60.9 Å². The van der Waals surface area contributed by atoms with Crippen LogP contribution in [0.2, 0.25) is 0 Å². The molecule has 0 saturated carbocycles. The fourth-order valence-electron chi connectivity index (χ4n) is 4.75. The van der Waals surface area contributed by atoms with Crippen LogP contribution in [-0.4, -0.2) is 52.9 Å². The van der Waals surface area contributed by atoms with Gasteiger partial charge in [0, 0.05) is 37.7 Å². The molecule has 2 heterocycles. The van der Waals surface area contributed by atoms with Crippen molar-refractivity contribution >= 4 is 11.8 Å². The van der Waals surface area contributed by atoms with Crippen LogP contribution < -0.4 is 0 Å². The Morgan fingerprint density at radius 2 is 1.33 bits per heavy atom. The maximum absolute atomic E-state index is 13.0. The number of alkyl halides is 3. The molecule has 1 N–H and O–H groups in total. The summed E-state index contributed by atoms with van der Waals surface area (Å²) in [5, 5.41) is 9.45. The zero-order valence-electron chi connectivity index (χ0n) is 18.2. The molecule has 2 aliphatic rings. The predicted octanol–water partition coefficient (Wildman–Crippen LogP) is 4.67. The summed E-state index contributed by atoms with van der Waals surface area (Å²) in [6.45, 7) is 2.21. The molecule has 2 saturated heterocycles. The highest BCUT2D eigenvalue weighted by molar-refractivity contribution is 5.94. The van der Waals surface area contributed by atoms with Gasteiger partial charge < -0.3 is 14.9 Å². The van der Waals surface area contributed by atoms with Crippen LogP contribution in [-0.2, 0) is 11.0 Å². The number of aromatic hydroxyl groups is 1. The number of nitrogens with zero attached hydrogens (tertiary/aromatic N) is 2. The van der Waals surface area contributed by atoms with E-state index in [2.05, 4.69) is 0 Å². The molecular weight excluding hydrogens is 433 g/mol. The zero-order chi connectivity index (χ0) is 23.6. The highest BCUT2D eigenvalue weighted by atomic mass is 19.4. The maximum Gasteiger partial charge on any atom is 0.416 e. The lowest BCUT2D eigenvalue weighted by atomic mass is 9.88. The van der Waals surface area contributed by atoms with E-state index in [1.807, 2.05) is 17.0 Å². The number of likely N-dealkylation sites (tertiary alicyclic amines) is 2. The Morgan fingerprint density at radius 1 is 0.788 bits per heavy atom. The van der Waals surface area contributed by atoms with Crippen LogP contribution in [0.25, 0.3) is 0 Å². The highest BCUT2D eigenvalue weighted by Gasteiger charge is 2.33. The molecule has 2 aliphatic heterocycles. The number of amides is 2. The summed E-state index contributed by atoms with van der Waals surface area (Å²) in [4.78, 5) is 29.2. The lowest BCUT2D eigenvalue weighted by Crippen LogP contribution is -2.46. The van der Waals surface area contributed by atoms with Gasteiger partial charge in [0.2, 0.25) is 5.91 Å². The fraction of sp³-hybridized carbons (Fsp3) is 0.440. The van der Waals surface area contributed by atoms with Crippen molar-refractivity contribution in [3.63, 3.8) is 0 Å². The Balaban J connectivity index is 1.27. The number of benzene rings is 2. The molecule has 0 aliphatic carbocycles. The number of carbonyl (C=O) groups is 2. The molecule has 2 aromatic rings. The van der Waals surface area contributed by atoms with Crippen molar-refractivity contribution in [1.29, 1.82) is 0 Å². The van der Waals surface area contributed by atoms with E-state index in [9.17, 15) is 27.9 Å². The Hall–Kier alpha value is -3.03. The molecule has 0 radical (unpaired) electrons. The number of rotatable bonds is 3. The van der Waals surface area contributed by atoms with Crippen LogP contribution in [0.3, 0.4) is 0 Å². The first-order valence-electron chi connectivity index (χ1n) is 11.3. The van der Waals surface area contributed by atoms with E-state index >= 15 is 0 Å². The van der Waals surface area contributed by atoms with E-state index in [4.69, 9.17) is 0 Å². The molecule has 33 heavy (non-hydrogen) atoms. The second-order valence-corrected chi connectivity index (χ2v) is 8.83. The first-order valence-corrected chi connectivity index (χ1v) is 11.3. The Morgan fingerprint density at radius 3 is 1.88 bits per heavy atom. The van der Waals surface area contributed by atoms with Crippen molar-refractivity contribution in [2.75, 3.05) is 26.2 Å². The minimum Gasteiger partial charge on any atom is -0.508 e. The Labute approximate surface area is 190 Å². The summed E-state index contributed by atoms with van der Waals surface area (Å²) in [5.41, 5.74) is 0.622. The predicted molar refractivity (Wildman–Crippen MR) is 117 cm³/mol. The molecule has 5 nitrogen and oxygen atoms in total. The van der Waals surface area contributed by atoms with Crippen LogP contribution in [0.1, 0.15) is 53.1 Å². The summed E-state index contributed by atoms with van der Waals surface area (Å²) in [7, 11) is 0. The third-order valence-electron chi connectivity index (χ3n) is 6.76. The molecule has 0 atom stereocenters. The van der Waals surface area contributed by atoms with Gasteiger partial charge in [-0.1, -0.05) is 12.1 Å². The van der Waals surface area contributed by atoms with Crippen LogP contribution >= 0.6 is 0 Å². The summed E-state index contributed by atoms with van der Waals surface area (Å²) >= 11 is 0. The van der Waals surface area contributed by atoms with Crippen LogP contribution in [0, 0.1) is 5.92 Å². The molecule has 8 heteroatoms. The Kier molecular flexibility index (Phi) is 6.63. The van der Waals surface area contributed by atoms with Crippen molar-refractivity contribution < 1.29 is 27.9 Å². The van der Waals surface area contributed by atoms with E-state index in [1.165, 1.54) is 17.7 Å². The second kappa shape index (κ2) is 9.45. The van der Waals surface area contributed by atoms with Crippen LogP contribution in [0.5, 0.6) is 5.75 Å². The van der Waals surface area contributed by atoms with Crippen molar-refractivity contribution in [2.45, 2.75) is 37.8 Å². The summed E-state index contributed by atoms with van der Waals surface area (Å²) in [6.07, 6.45) is -1.56. The fourth-order valence-corrected chi connectivity index (χ4v) is 4.75. The number of piperidine rings is 2. The molecule has 4 rings (SSSR count). The van der Waals surface area contributed by atoms with Crippen LogP contribution in [0.4, 0.5) is 13.2 Å². The van der Waals surface area contributed by atoms with Crippen molar-refractivity contribution in [1.82, 2.24) is 9.80 Å². The standard InChI is InChI=1S/C25H27F3N2O3/c26-25(27,28)21-5-1-19(2-6-21)23(32)30-15-11-20(12-16-30)24(33)29-13-9-18(10-14-29)17-3-7-22(31)8-4-17/h1-8,18,20,31H,9-16H2. The van der Waals surface area contributed by atoms with Gasteiger partial charge in [-0.15, -0.1) is 0 Å². The minimum absolute atomic E-state index is 0.126. The first kappa shape index (κ1) is 23.1. The minimum atomic E-state index is -4.43. The van der Waals surface area contributed by atoms with Gasteiger partial charge in [0.1, 0.15) is 5.75 Å². The molecule has 0 unspecified atom stereocenters. The van der Waals surface area contributed by atoms with E-state index in [0.717, 1.165) is 25.0 Å². The monoisotopic (exact) mass is 460 g/mol. The van der Waals surface area contributed by atoms with E-state index in [-0.39, 0.29) is 29.0 Å². The molecular formula is C25H27F3N2O3. The van der Waals surface area contributed by atoms with Gasteiger partial charge in [-0.05, 0) is 73.6 Å². The summed E-state index contributed by atoms with van der Waals surface area (Å²) in [5.74, 6) is 0.310. The van der Waals surface area contributed by atoms with Gasteiger partial charge in [-0.2, -0.15) is 13.2 Å². The molecule has 0 bridgehead atoms. The molecule has 0 spiro atoms. The highest BCUT2D eigenvalue weighted by Crippen LogP contribution is 2.32. The van der Waals surface area contributed by atoms with Gasteiger partial charge in [0.05, 0.1) is 5.56 Å². The number of phenolic OH excluding ortho intramolecular Hbond substituents is 1. The third-order valence-corrected chi connectivity index (χ3v) is 6.76. The number of halogens is 3. The zero-order valence-corrected chi connectivity index (χ0v) is 18.2. The molecule has 2 fully saturated rings. The number of carbonyl (C=O) groups excluding carboxylic acids is 2. The average Bonchev–Trinajstić information content (AvgIpc) is 2.83. The van der Waals surface area contributed by atoms with Gasteiger partial charge in [0.15, 0.2) is 0 Å². The number of hydrogen-bond acceptors (Lipinski definition) is 3. The van der Waals surface area contributed by atoms with Crippen molar-refractivity contribution in [3.05, 3.63) is 65.2 Å². The van der Waals surface area contributed by atoms with E-state index < -0.39 is 11.7 Å². The average molecular weight is 460 g/mol. The summed E-state index contributed by atoms with van der Waals surface area (Å²) in [6, 6.07) is 11.5. The lowest BCUT2D eigenvalue weighted by molar-refractivity contribution is -0.138. The third kappa shape index (κ3) is 5.31. The molecule has 0 aromatic heterocycles. The second-order valence-electron chi connectivity index (χ2n) is 8.83. The largest absolute Gasteiger partial charge is 0.508 e. The first-order chi connectivity index (χ1) is 15.7. The quantitative estimate of drug-likeness (QED) is 0.724. The smallest absolute Gasteiger partial charge is 0.416 e.